The van der Waals surface area contributed by atoms with Crippen LogP contribution in [0.1, 0.15) is 11.1 Å². The molecule has 2 aromatic carbocycles. The molecule has 0 saturated heterocycles. The maximum atomic E-state index is 13.3. The zero-order chi connectivity index (χ0) is 17.3. The lowest BCUT2D eigenvalue weighted by atomic mass is 10.1. The predicted octanol–water partition coefficient (Wildman–Crippen LogP) is 3.97. The summed E-state index contributed by atoms with van der Waals surface area (Å²) in [6.07, 6.45) is 1.38. The van der Waals surface area contributed by atoms with E-state index in [1.165, 1.54) is 36.6 Å². The number of nitro groups is 1. The molecule has 1 N–H and O–H groups in total. The van der Waals surface area contributed by atoms with Crippen LogP contribution in [0.2, 0.25) is 0 Å². The van der Waals surface area contributed by atoms with Crippen molar-refractivity contribution in [3.05, 3.63) is 69.7 Å². The Morgan fingerprint density at radius 2 is 2.08 bits per heavy atom. The van der Waals surface area contributed by atoms with Gasteiger partial charge in [-0.2, -0.15) is 0 Å². The number of fused-ring (bicyclic) bond motifs is 1. The van der Waals surface area contributed by atoms with Crippen molar-refractivity contribution in [3.8, 4) is 0 Å². The van der Waals surface area contributed by atoms with E-state index in [2.05, 4.69) is 5.32 Å². The number of furan rings is 1. The standard InChI is InChI=1S/C17H13FN2O4/c1-10-2-4-13(20(22)23)8-15(10)19-17(21)6-11-9-24-16-5-3-12(18)7-14(11)16/h2-5,7-9H,6H2,1H3,(H,19,21). The quantitative estimate of drug-likeness (QED) is 0.580. The Kier molecular flexibility index (Phi) is 3.99. The number of anilines is 1. The van der Waals surface area contributed by atoms with E-state index in [9.17, 15) is 19.3 Å². The van der Waals surface area contributed by atoms with E-state index in [4.69, 9.17) is 4.42 Å². The number of halogens is 1. The van der Waals surface area contributed by atoms with Gasteiger partial charge in [0.1, 0.15) is 11.4 Å². The summed E-state index contributed by atoms with van der Waals surface area (Å²) in [6.45, 7) is 1.74. The molecule has 0 spiro atoms. The number of nitrogens with zero attached hydrogens (tertiary/aromatic N) is 1. The van der Waals surface area contributed by atoms with Gasteiger partial charge in [-0.15, -0.1) is 0 Å². The first kappa shape index (κ1) is 15.7. The van der Waals surface area contributed by atoms with Crippen LogP contribution in [0.4, 0.5) is 15.8 Å². The number of aryl methyl sites for hydroxylation is 1. The van der Waals surface area contributed by atoms with Crippen LogP contribution in [0.15, 0.2) is 47.1 Å². The number of amides is 1. The molecule has 0 aliphatic heterocycles. The highest BCUT2D eigenvalue weighted by Crippen LogP contribution is 2.24. The summed E-state index contributed by atoms with van der Waals surface area (Å²) < 4.78 is 18.6. The number of carbonyl (C=O) groups excluding carboxylic acids is 1. The number of nitro benzene ring substituents is 1. The number of rotatable bonds is 4. The van der Waals surface area contributed by atoms with E-state index >= 15 is 0 Å². The van der Waals surface area contributed by atoms with Gasteiger partial charge in [0, 0.05) is 23.1 Å². The summed E-state index contributed by atoms with van der Waals surface area (Å²) in [5, 5.41) is 14.0. The molecule has 1 heterocycles. The van der Waals surface area contributed by atoms with Gasteiger partial charge >= 0.3 is 0 Å². The molecule has 0 saturated carbocycles. The van der Waals surface area contributed by atoms with Gasteiger partial charge in [0.15, 0.2) is 0 Å². The monoisotopic (exact) mass is 328 g/mol. The number of nitrogens with one attached hydrogen (secondary N) is 1. The maximum absolute atomic E-state index is 13.3. The third kappa shape index (κ3) is 3.10. The molecule has 0 radical (unpaired) electrons. The van der Waals surface area contributed by atoms with Crippen LogP contribution in [-0.2, 0) is 11.2 Å². The average Bonchev–Trinajstić information content (AvgIpc) is 2.91. The van der Waals surface area contributed by atoms with Gasteiger partial charge in [0.2, 0.25) is 5.91 Å². The van der Waals surface area contributed by atoms with Crippen molar-refractivity contribution in [2.75, 3.05) is 5.32 Å². The largest absolute Gasteiger partial charge is 0.464 e. The molecular weight excluding hydrogens is 315 g/mol. The summed E-state index contributed by atoms with van der Waals surface area (Å²) >= 11 is 0. The number of carbonyl (C=O) groups is 1. The van der Waals surface area contributed by atoms with Gasteiger partial charge < -0.3 is 9.73 Å². The Hall–Kier alpha value is -3.22. The third-order valence-corrected chi connectivity index (χ3v) is 3.67. The first-order valence-corrected chi connectivity index (χ1v) is 7.14. The van der Waals surface area contributed by atoms with Gasteiger partial charge in [-0.3, -0.25) is 14.9 Å². The van der Waals surface area contributed by atoms with Crippen molar-refractivity contribution < 1.29 is 18.5 Å². The van der Waals surface area contributed by atoms with Gasteiger partial charge in [-0.05, 0) is 30.7 Å². The zero-order valence-electron chi connectivity index (χ0n) is 12.7. The first-order chi connectivity index (χ1) is 11.4. The fourth-order valence-corrected chi connectivity index (χ4v) is 2.42. The summed E-state index contributed by atoms with van der Waals surface area (Å²) in [5.41, 5.74) is 2.01. The second kappa shape index (κ2) is 6.11. The van der Waals surface area contributed by atoms with Crippen LogP contribution in [-0.4, -0.2) is 10.8 Å². The lowest BCUT2D eigenvalue weighted by Crippen LogP contribution is -2.15. The van der Waals surface area contributed by atoms with Gasteiger partial charge in [0.05, 0.1) is 23.3 Å². The lowest BCUT2D eigenvalue weighted by Gasteiger charge is -2.07. The van der Waals surface area contributed by atoms with E-state index < -0.39 is 10.7 Å². The number of hydrogen-bond acceptors (Lipinski definition) is 4. The van der Waals surface area contributed by atoms with E-state index in [1.807, 2.05) is 0 Å². The molecule has 24 heavy (non-hydrogen) atoms. The minimum absolute atomic E-state index is 0.0292. The minimum Gasteiger partial charge on any atom is -0.464 e. The highest BCUT2D eigenvalue weighted by atomic mass is 19.1. The normalized spacial score (nSPS) is 10.8. The van der Waals surface area contributed by atoms with E-state index in [1.54, 1.807) is 13.0 Å². The van der Waals surface area contributed by atoms with Crippen LogP contribution >= 0.6 is 0 Å². The van der Waals surface area contributed by atoms with Crippen molar-refractivity contribution in [2.24, 2.45) is 0 Å². The number of hydrogen-bond donors (Lipinski definition) is 1. The molecule has 0 aliphatic carbocycles. The van der Waals surface area contributed by atoms with E-state index in [0.29, 0.717) is 27.8 Å². The lowest BCUT2D eigenvalue weighted by molar-refractivity contribution is -0.384. The summed E-state index contributed by atoms with van der Waals surface area (Å²) in [7, 11) is 0. The summed E-state index contributed by atoms with van der Waals surface area (Å²) in [5.74, 6) is -0.786. The molecule has 3 rings (SSSR count). The molecule has 3 aromatic rings. The highest BCUT2D eigenvalue weighted by molar-refractivity contribution is 5.96. The van der Waals surface area contributed by atoms with Crippen LogP contribution in [0.3, 0.4) is 0 Å². The Labute approximate surface area is 136 Å². The minimum atomic E-state index is -0.526. The summed E-state index contributed by atoms with van der Waals surface area (Å²) in [6, 6.07) is 8.33. The van der Waals surface area contributed by atoms with Gasteiger partial charge in [-0.1, -0.05) is 6.07 Å². The van der Waals surface area contributed by atoms with Gasteiger partial charge in [0.25, 0.3) is 5.69 Å². The molecule has 0 aliphatic rings. The molecule has 7 heteroatoms. The smallest absolute Gasteiger partial charge is 0.271 e. The van der Waals surface area contributed by atoms with Gasteiger partial charge in [-0.25, -0.2) is 4.39 Å². The molecule has 6 nitrogen and oxygen atoms in total. The predicted molar refractivity (Wildman–Crippen MR) is 86.3 cm³/mol. The Bertz CT molecular complexity index is 949. The van der Waals surface area contributed by atoms with Crippen LogP contribution in [0.5, 0.6) is 0 Å². The highest BCUT2D eigenvalue weighted by Gasteiger charge is 2.14. The summed E-state index contributed by atoms with van der Waals surface area (Å²) in [4.78, 5) is 22.5. The van der Waals surface area contributed by atoms with E-state index in [0.717, 1.165) is 0 Å². The molecule has 0 bridgehead atoms. The molecule has 1 amide bonds. The zero-order valence-corrected chi connectivity index (χ0v) is 12.7. The van der Waals surface area contributed by atoms with Crippen molar-refractivity contribution in [2.45, 2.75) is 13.3 Å². The molecule has 122 valence electrons. The second-order valence-corrected chi connectivity index (χ2v) is 5.38. The fourth-order valence-electron chi connectivity index (χ4n) is 2.42. The Balaban J connectivity index is 1.81. The van der Waals surface area contributed by atoms with Crippen LogP contribution < -0.4 is 5.32 Å². The molecular formula is C17H13FN2O4. The maximum Gasteiger partial charge on any atom is 0.271 e. The SMILES string of the molecule is Cc1ccc([N+](=O)[O-])cc1NC(=O)Cc1coc2ccc(F)cc12. The fraction of sp³-hybridized carbons (Fsp3) is 0.118. The molecule has 0 unspecified atom stereocenters. The average molecular weight is 328 g/mol. The number of non-ortho nitro benzene ring substituents is 1. The third-order valence-electron chi connectivity index (χ3n) is 3.67. The van der Waals surface area contributed by atoms with Crippen molar-refractivity contribution in [3.63, 3.8) is 0 Å². The molecule has 0 fully saturated rings. The van der Waals surface area contributed by atoms with Crippen molar-refractivity contribution in [1.82, 2.24) is 0 Å². The first-order valence-electron chi connectivity index (χ1n) is 7.14. The second-order valence-electron chi connectivity index (χ2n) is 5.38. The van der Waals surface area contributed by atoms with Crippen molar-refractivity contribution in [1.29, 1.82) is 0 Å². The molecule has 1 aromatic heterocycles. The topological polar surface area (TPSA) is 85.4 Å². The Morgan fingerprint density at radius 1 is 1.29 bits per heavy atom. The Morgan fingerprint density at radius 3 is 2.83 bits per heavy atom. The van der Waals surface area contributed by atoms with Crippen LogP contribution in [0.25, 0.3) is 11.0 Å². The van der Waals surface area contributed by atoms with Crippen molar-refractivity contribution >= 4 is 28.3 Å². The van der Waals surface area contributed by atoms with Crippen LogP contribution in [0, 0.1) is 22.9 Å². The molecule has 0 atom stereocenters. The number of benzene rings is 2. The van der Waals surface area contributed by atoms with E-state index in [-0.39, 0.29) is 18.0 Å².